The van der Waals surface area contributed by atoms with Crippen LogP contribution in [0.3, 0.4) is 0 Å². The molecule has 0 heterocycles. The second-order valence-corrected chi connectivity index (χ2v) is 5.51. The van der Waals surface area contributed by atoms with Crippen LogP contribution in [0.2, 0.25) is 0 Å². The summed E-state index contributed by atoms with van der Waals surface area (Å²) in [5, 5.41) is 6.78. The van der Waals surface area contributed by atoms with E-state index in [-0.39, 0.29) is 29.7 Å². The molecule has 0 radical (unpaired) electrons. The molecule has 0 saturated heterocycles. The van der Waals surface area contributed by atoms with E-state index in [4.69, 9.17) is 14.2 Å². The van der Waals surface area contributed by atoms with E-state index in [1.54, 1.807) is 31.4 Å². The molecule has 8 nitrogen and oxygen atoms in total. The Morgan fingerprint density at radius 2 is 1.69 bits per heavy atom. The molecule has 1 amide bonds. The van der Waals surface area contributed by atoms with Gasteiger partial charge in [0.2, 0.25) is 5.75 Å². The molecule has 29 heavy (non-hydrogen) atoms. The molecule has 0 fully saturated rings. The fraction of sp³-hybridized carbons (Fsp3) is 0.263. The van der Waals surface area contributed by atoms with Crippen molar-refractivity contribution in [1.82, 2.24) is 5.43 Å². The van der Waals surface area contributed by atoms with Gasteiger partial charge in [-0.2, -0.15) is 13.9 Å². The Kier molecular flexibility index (Phi) is 8.01. The van der Waals surface area contributed by atoms with Crippen LogP contribution < -0.4 is 29.7 Å². The predicted octanol–water partition coefficient (Wildman–Crippen LogP) is 2.88. The summed E-state index contributed by atoms with van der Waals surface area (Å²) in [6.45, 7) is -3.04. The summed E-state index contributed by atoms with van der Waals surface area (Å²) in [4.78, 5) is 11.9. The maximum Gasteiger partial charge on any atom is 0.387 e. The number of methoxy groups -OCH3 is 3. The smallest absolute Gasteiger partial charge is 0.387 e. The van der Waals surface area contributed by atoms with Gasteiger partial charge in [0.1, 0.15) is 5.75 Å². The molecule has 0 bridgehead atoms. The van der Waals surface area contributed by atoms with Crippen LogP contribution in [0.1, 0.15) is 5.56 Å². The number of carbonyl (C=O) groups is 1. The summed E-state index contributed by atoms with van der Waals surface area (Å²) in [6, 6.07) is 9.92. The number of hydrogen-bond acceptors (Lipinski definition) is 7. The average molecular weight is 409 g/mol. The van der Waals surface area contributed by atoms with Gasteiger partial charge in [-0.15, -0.1) is 0 Å². The Hall–Kier alpha value is -3.56. The van der Waals surface area contributed by atoms with E-state index in [0.29, 0.717) is 11.3 Å². The van der Waals surface area contributed by atoms with Crippen molar-refractivity contribution in [2.75, 3.05) is 33.2 Å². The third-order valence-corrected chi connectivity index (χ3v) is 3.64. The topological polar surface area (TPSA) is 90.4 Å². The van der Waals surface area contributed by atoms with Gasteiger partial charge in [0.25, 0.3) is 5.91 Å². The molecule has 10 heteroatoms. The monoisotopic (exact) mass is 409 g/mol. The third kappa shape index (κ3) is 6.52. The number of amides is 1. The summed E-state index contributed by atoms with van der Waals surface area (Å²) >= 11 is 0. The number of anilines is 1. The Bertz CT molecular complexity index is 819. The number of ether oxygens (including phenoxy) is 4. The molecule has 2 aromatic carbocycles. The molecule has 0 unspecified atom stereocenters. The minimum atomic E-state index is -3.03. The standard InChI is InChI=1S/C19H21F2N3O5/c1-26-14-6-4-13(5-7-14)22-11-17(25)24-23-10-12-8-15(27-2)18(29-19(20)21)16(9-12)28-3/h4-10,19,22H,11H2,1-3H3,(H,24,25)/b23-10-. The van der Waals surface area contributed by atoms with Crippen LogP contribution in [0.15, 0.2) is 41.5 Å². The number of hydrogen-bond donors (Lipinski definition) is 2. The molecule has 2 N–H and O–H groups in total. The molecule has 2 aromatic rings. The minimum absolute atomic E-state index is 0.00250. The number of benzene rings is 2. The molecular weight excluding hydrogens is 388 g/mol. The normalized spacial score (nSPS) is 10.7. The van der Waals surface area contributed by atoms with Crippen LogP contribution in [0, 0.1) is 0 Å². The SMILES string of the molecule is COc1ccc(NCC(=O)N/N=C\c2cc(OC)c(OC(F)F)c(OC)c2)cc1. The highest BCUT2D eigenvalue weighted by Gasteiger charge is 2.17. The van der Waals surface area contributed by atoms with E-state index in [0.717, 1.165) is 5.69 Å². The van der Waals surface area contributed by atoms with Gasteiger partial charge < -0.3 is 24.3 Å². The van der Waals surface area contributed by atoms with Crippen LogP contribution in [0.5, 0.6) is 23.0 Å². The third-order valence-electron chi connectivity index (χ3n) is 3.64. The summed E-state index contributed by atoms with van der Waals surface area (Å²) in [6.07, 6.45) is 1.32. The summed E-state index contributed by atoms with van der Waals surface area (Å²) in [7, 11) is 4.18. The van der Waals surface area contributed by atoms with Crippen LogP contribution in [-0.4, -0.2) is 46.6 Å². The highest BCUT2D eigenvalue weighted by Crippen LogP contribution is 2.39. The molecule has 0 saturated carbocycles. The van der Waals surface area contributed by atoms with Gasteiger partial charge in [0.15, 0.2) is 11.5 Å². The molecule has 156 valence electrons. The van der Waals surface area contributed by atoms with Crippen LogP contribution in [-0.2, 0) is 4.79 Å². The van der Waals surface area contributed by atoms with Crippen LogP contribution in [0.25, 0.3) is 0 Å². The number of alkyl halides is 2. The van der Waals surface area contributed by atoms with Gasteiger partial charge in [0, 0.05) is 11.3 Å². The number of carbonyl (C=O) groups excluding carboxylic acids is 1. The second kappa shape index (κ2) is 10.7. The molecular formula is C19H21F2N3O5. The van der Waals surface area contributed by atoms with Gasteiger partial charge >= 0.3 is 6.61 Å². The van der Waals surface area contributed by atoms with Crippen LogP contribution in [0.4, 0.5) is 14.5 Å². The summed E-state index contributed by atoms with van der Waals surface area (Å²) in [5.41, 5.74) is 3.55. The fourth-order valence-corrected chi connectivity index (χ4v) is 2.29. The first-order valence-electron chi connectivity index (χ1n) is 8.37. The highest BCUT2D eigenvalue weighted by atomic mass is 19.3. The first kappa shape index (κ1) is 21.7. The van der Waals surface area contributed by atoms with Gasteiger partial charge in [-0.1, -0.05) is 0 Å². The number of nitrogens with zero attached hydrogens (tertiary/aromatic N) is 1. The molecule has 0 aromatic heterocycles. The Balaban J connectivity index is 1.96. The molecule has 2 rings (SSSR count). The zero-order valence-corrected chi connectivity index (χ0v) is 16.1. The largest absolute Gasteiger partial charge is 0.497 e. The highest BCUT2D eigenvalue weighted by molar-refractivity contribution is 5.85. The van der Waals surface area contributed by atoms with Crippen molar-refractivity contribution in [3.8, 4) is 23.0 Å². The van der Waals surface area contributed by atoms with Gasteiger partial charge in [-0.05, 0) is 36.4 Å². The Morgan fingerprint density at radius 3 is 2.21 bits per heavy atom. The lowest BCUT2D eigenvalue weighted by Gasteiger charge is -2.14. The Labute approximate surface area is 166 Å². The quantitative estimate of drug-likeness (QED) is 0.463. The van der Waals surface area contributed by atoms with E-state index in [1.807, 2.05) is 0 Å². The number of nitrogens with one attached hydrogen (secondary N) is 2. The molecule has 0 aliphatic rings. The number of halogens is 2. The van der Waals surface area contributed by atoms with Gasteiger partial charge in [0.05, 0.1) is 34.1 Å². The van der Waals surface area contributed by atoms with Gasteiger partial charge in [-0.3, -0.25) is 4.79 Å². The number of rotatable bonds is 10. The van der Waals surface area contributed by atoms with Crippen molar-refractivity contribution in [3.05, 3.63) is 42.0 Å². The second-order valence-electron chi connectivity index (χ2n) is 5.51. The van der Waals surface area contributed by atoms with Crippen molar-refractivity contribution in [1.29, 1.82) is 0 Å². The van der Waals surface area contributed by atoms with Crippen molar-refractivity contribution in [2.45, 2.75) is 6.61 Å². The van der Waals surface area contributed by atoms with Crippen molar-refractivity contribution in [3.63, 3.8) is 0 Å². The Morgan fingerprint density at radius 1 is 1.07 bits per heavy atom. The van der Waals surface area contributed by atoms with E-state index in [9.17, 15) is 13.6 Å². The van der Waals surface area contributed by atoms with E-state index in [1.165, 1.54) is 32.6 Å². The summed E-state index contributed by atoms with van der Waals surface area (Å²) in [5.74, 6) is 0.182. The summed E-state index contributed by atoms with van der Waals surface area (Å²) < 4.78 is 44.7. The van der Waals surface area contributed by atoms with E-state index < -0.39 is 6.61 Å². The molecule has 0 aliphatic heterocycles. The molecule has 0 atom stereocenters. The average Bonchev–Trinajstić information content (AvgIpc) is 2.72. The zero-order chi connectivity index (χ0) is 21.2. The van der Waals surface area contributed by atoms with E-state index >= 15 is 0 Å². The predicted molar refractivity (Wildman–Crippen MR) is 103 cm³/mol. The maximum atomic E-state index is 12.6. The fourth-order valence-electron chi connectivity index (χ4n) is 2.29. The lowest BCUT2D eigenvalue weighted by molar-refractivity contribution is -0.119. The first-order valence-corrected chi connectivity index (χ1v) is 8.37. The molecule has 0 spiro atoms. The van der Waals surface area contributed by atoms with Crippen molar-refractivity contribution >= 4 is 17.8 Å². The minimum Gasteiger partial charge on any atom is -0.497 e. The van der Waals surface area contributed by atoms with Crippen molar-refractivity contribution < 1.29 is 32.5 Å². The van der Waals surface area contributed by atoms with Crippen LogP contribution >= 0.6 is 0 Å². The zero-order valence-electron chi connectivity index (χ0n) is 16.1. The first-order chi connectivity index (χ1) is 14.0. The lowest BCUT2D eigenvalue weighted by atomic mass is 10.2. The van der Waals surface area contributed by atoms with E-state index in [2.05, 4.69) is 20.6 Å². The van der Waals surface area contributed by atoms with Crippen molar-refractivity contribution in [2.24, 2.45) is 5.10 Å². The lowest BCUT2D eigenvalue weighted by Crippen LogP contribution is -2.25. The van der Waals surface area contributed by atoms with Gasteiger partial charge in [-0.25, -0.2) is 5.43 Å². The number of hydrazone groups is 1. The molecule has 0 aliphatic carbocycles. The maximum absolute atomic E-state index is 12.6.